The molecule has 4 aliphatic carbocycles. The molecule has 1 unspecified atom stereocenters. The van der Waals surface area contributed by atoms with Gasteiger partial charge in [-0.1, -0.05) is 6.92 Å². The second-order valence-corrected chi connectivity index (χ2v) is 9.35. The van der Waals surface area contributed by atoms with Crippen LogP contribution in [0.4, 0.5) is 0 Å². The molecule has 0 amide bonds. The molecule has 98 valence electrons. The molecule has 4 saturated carbocycles. The minimum absolute atomic E-state index is 0.537. The number of hydrogen-bond donors (Lipinski definition) is 1. The van der Waals surface area contributed by atoms with E-state index in [1.165, 1.54) is 32.1 Å². The van der Waals surface area contributed by atoms with Crippen LogP contribution in [0.15, 0.2) is 0 Å². The van der Waals surface area contributed by atoms with Gasteiger partial charge in [0.25, 0.3) is 0 Å². The molecular formula is C14H25O2P. The van der Waals surface area contributed by atoms with Crippen molar-refractivity contribution in [2.24, 2.45) is 29.6 Å². The van der Waals surface area contributed by atoms with Crippen LogP contribution < -0.4 is 0 Å². The van der Waals surface area contributed by atoms with E-state index in [4.69, 9.17) is 0 Å². The molecule has 0 aromatic heterocycles. The van der Waals surface area contributed by atoms with Crippen LogP contribution in [0.2, 0.25) is 0 Å². The standard InChI is InChI=1S/C14H25O2P/c1-2-3-17(15,16)9-14-12-5-10-4-11(7-12)8-13(14)6-10/h10-14H,2-9H2,1H3,(H,15,16). The first-order chi connectivity index (χ1) is 8.07. The summed E-state index contributed by atoms with van der Waals surface area (Å²) in [5.41, 5.74) is 0. The lowest BCUT2D eigenvalue weighted by Crippen LogP contribution is -2.46. The summed E-state index contributed by atoms with van der Waals surface area (Å²) in [4.78, 5) is 10.1. The lowest BCUT2D eigenvalue weighted by molar-refractivity contribution is -0.0275. The molecule has 4 rings (SSSR count). The maximum absolute atomic E-state index is 12.2. The lowest BCUT2D eigenvalue weighted by Gasteiger charge is -2.54. The minimum atomic E-state index is -2.82. The van der Waals surface area contributed by atoms with Gasteiger partial charge in [0.1, 0.15) is 0 Å². The van der Waals surface area contributed by atoms with E-state index in [2.05, 4.69) is 0 Å². The summed E-state index contributed by atoms with van der Waals surface area (Å²) in [7, 11) is -2.82. The normalized spacial score (nSPS) is 47.1. The number of hydrogen-bond acceptors (Lipinski definition) is 1. The molecule has 0 aliphatic heterocycles. The monoisotopic (exact) mass is 256 g/mol. The molecular weight excluding hydrogens is 231 g/mol. The van der Waals surface area contributed by atoms with Crippen molar-refractivity contribution in [1.82, 2.24) is 0 Å². The second kappa shape index (κ2) is 4.38. The molecule has 0 saturated heterocycles. The van der Waals surface area contributed by atoms with Crippen LogP contribution in [0.3, 0.4) is 0 Å². The van der Waals surface area contributed by atoms with E-state index in [9.17, 15) is 9.46 Å². The van der Waals surface area contributed by atoms with E-state index in [-0.39, 0.29) is 0 Å². The summed E-state index contributed by atoms with van der Waals surface area (Å²) in [6, 6.07) is 0. The highest BCUT2D eigenvalue weighted by molar-refractivity contribution is 7.57. The molecule has 2 nitrogen and oxygen atoms in total. The topological polar surface area (TPSA) is 37.3 Å². The Labute approximate surface area is 105 Å². The summed E-state index contributed by atoms with van der Waals surface area (Å²) < 4.78 is 12.2. The highest BCUT2D eigenvalue weighted by Crippen LogP contribution is 2.59. The highest BCUT2D eigenvalue weighted by atomic mass is 31.2. The molecule has 0 aromatic rings. The van der Waals surface area contributed by atoms with Crippen LogP contribution in [-0.2, 0) is 4.57 Å². The van der Waals surface area contributed by atoms with Crippen molar-refractivity contribution in [2.75, 3.05) is 12.3 Å². The van der Waals surface area contributed by atoms with E-state index in [0.29, 0.717) is 18.2 Å². The highest BCUT2D eigenvalue weighted by Gasteiger charge is 2.49. The van der Waals surface area contributed by atoms with Gasteiger partial charge in [0, 0.05) is 12.3 Å². The van der Waals surface area contributed by atoms with Crippen molar-refractivity contribution in [1.29, 1.82) is 0 Å². The molecule has 17 heavy (non-hydrogen) atoms. The summed E-state index contributed by atoms with van der Waals surface area (Å²) in [6.45, 7) is 2.01. The van der Waals surface area contributed by atoms with Gasteiger partial charge >= 0.3 is 0 Å². The van der Waals surface area contributed by atoms with Crippen LogP contribution in [0.1, 0.15) is 45.4 Å². The van der Waals surface area contributed by atoms with Crippen molar-refractivity contribution >= 4 is 7.37 Å². The SMILES string of the molecule is CCCP(=O)(O)CC1C2CC3CC(C2)CC1C3. The fourth-order valence-electron chi connectivity index (χ4n) is 5.11. The molecule has 4 bridgehead atoms. The largest absolute Gasteiger partial charge is 0.344 e. The first kappa shape index (κ1) is 12.2. The molecule has 3 heteroatoms. The van der Waals surface area contributed by atoms with Crippen LogP contribution in [-0.4, -0.2) is 17.2 Å². The van der Waals surface area contributed by atoms with Gasteiger partial charge in [-0.05, 0) is 68.1 Å². The van der Waals surface area contributed by atoms with E-state index >= 15 is 0 Å². The predicted molar refractivity (Wildman–Crippen MR) is 70.4 cm³/mol. The quantitative estimate of drug-likeness (QED) is 0.778. The van der Waals surface area contributed by atoms with Crippen molar-refractivity contribution in [3.05, 3.63) is 0 Å². The third-order valence-electron chi connectivity index (χ3n) is 5.49. The minimum Gasteiger partial charge on any atom is -0.344 e. The number of rotatable bonds is 4. The van der Waals surface area contributed by atoms with Crippen LogP contribution in [0.25, 0.3) is 0 Å². The summed E-state index contributed by atoms with van der Waals surface area (Å²) >= 11 is 0. The fraction of sp³-hybridized carbons (Fsp3) is 1.00. The first-order valence-electron chi connectivity index (χ1n) is 7.38. The Kier molecular flexibility index (Phi) is 3.16. The Morgan fingerprint density at radius 3 is 2.06 bits per heavy atom. The molecule has 1 atom stereocenters. The third kappa shape index (κ3) is 2.36. The van der Waals surface area contributed by atoms with E-state index < -0.39 is 7.37 Å². The smallest absolute Gasteiger partial charge is 0.200 e. The first-order valence-corrected chi connectivity index (χ1v) is 9.41. The van der Waals surface area contributed by atoms with Gasteiger partial charge in [-0.25, -0.2) is 0 Å². The summed E-state index contributed by atoms with van der Waals surface area (Å²) in [5.74, 6) is 4.12. The Hall–Kier alpha value is 0.190. The maximum Gasteiger partial charge on any atom is 0.200 e. The van der Waals surface area contributed by atoms with Gasteiger partial charge in [-0.3, -0.25) is 4.57 Å². The van der Waals surface area contributed by atoms with E-state index in [0.717, 1.165) is 30.1 Å². The van der Waals surface area contributed by atoms with Crippen LogP contribution in [0, 0.1) is 29.6 Å². The maximum atomic E-state index is 12.2. The van der Waals surface area contributed by atoms with Gasteiger partial charge in [-0.2, -0.15) is 0 Å². The Morgan fingerprint density at radius 2 is 1.59 bits per heavy atom. The van der Waals surface area contributed by atoms with Gasteiger partial charge in [-0.15, -0.1) is 0 Å². The molecule has 0 spiro atoms. The van der Waals surface area contributed by atoms with Crippen LogP contribution in [0.5, 0.6) is 0 Å². The average molecular weight is 256 g/mol. The van der Waals surface area contributed by atoms with Gasteiger partial charge in [0.05, 0.1) is 0 Å². The van der Waals surface area contributed by atoms with Crippen molar-refractivity contribution in [2.45, 2.75) is 45.4 Å². The van der Waals surface area contributed by atoms with Crippen LogP contribution >= 0.6 is 7.37 Å². The summed E-state index contributed by atoms with van der Waals surface area (Å²) in [6.07, 6.45) is 8.94. The van der Waals surface area contributed by atoms with Crippen molar-refractivity contribution in [3.8, 4) is 0 Å². The third-order valence-corrected chi connectivity index (χ3v) is 7.63. The Morgan fingerprint density at radius 1 is 1.06 bits per heavy atom. The summed E-state index contributed by atoms with van der Waals surface area (Å²) in [5, 5.41) is 0. The zero-order valence-corrected chi connectivity index (χ0v) is 11.7. The van der Waals surface area contributed by atoms with E-state index in [1.54, 1.807) is 0 Å². The predicted octanol–water partition coefficient (Wildman–Crippen LogP) is 3.74. The Bertz CT molecular complexity index is 311. The zero-order valence-electron chi connectivity index (χ0n) is 10.8. The Balaban J connectivity index is 1.70. The fourth-order valence-corrected chi connectivity index (χ4v) is 7.24. The molecule has 0 radical (unpaired) electrons. The molecule has 4 fully saturated rings. The molecule has 0 aromatic carbocycles. The van der Waals surface area contributed by atoms with Crippen molar-refractivity contribution < 1.29 is 9.46 Å². The average Bonchev–Trinajstić information content (AvgIpc) is 2.22. The van der Waals surface area contributed by atoms with Gasteiger partial charge in [0.2, 0.25) is 7.37 Å². The zero-order chi connectivity index (χ0) is 12.0. The van der Waals surface area contributed by atoms with Crippen molar-refractivity contribution in [3.63, 3.8) is 0 Å². The second-order valence-electron chi connectivity index (χ2n) is 6.85. The lowest BCUT2D eigenvalue weighted by atomic mass is 9.52. The molecule has 4 aliphatic rings. The molecule has 1 N–H and O–H groups in total. The van der Waals surface area contributed by atoms with Gasteiger partial charge in [0.15, 0.2) is 0 Å². The molecule has 0 heterocycles. The van der Waals surface area contributed by atoms with Gasteiger partial charge < -0.3 is 4.89 Å². The van der Waals surface area contributed by atoms with E-state index in [1.807, 2.05) is 6.92 Å².